The second-order valence-electron chi connectivity index (χ2n) is 15.2. The van der Waals surface area contributed by atoms with Crippen LogP contribution in [0.1, 0.15) is 0 Å². The summed E-state index contributed by atoms with van der Waals surface area (Å²) in [5.74, 6) is 0. The van der Waals surface area contributed by atoms with Crippen LogP contribution in [0, 0.1) is 20.0 Å². The molecule has 0 spiro atoms. The Morgan fingerprint density at radius 3 is 0.443 bits per heavy atom. The first-order valence-corrected chi connectivity index (χ1v) is 24.9. The summed E-state index contributed by atoms with van der Waals surface area (Å²) in [5.41, 5.74) is 5.36. The smallest absolute Gasteiger partial charge is 0.108 e. The van der Waals surface area contributed by atoms with E-state index in [1.165, 1.54) is 53.7 Å². The SMILES string of the molecule is [C-]#[O+].[C-]#[O+].[C-]#[O+].[Ir].c1ccc(P(c2ccccc2)c2ccccc2)cc1.c1ccc(P(c2ccccc2)c2ccccc2)cc1.c1ccc([B-](c2ccccc2)(c2ccccc2)c2ccccc2)cc1. The van der Waals surface area contributed by atoms with Crippen molar-refractivity contribution >= 4 is 75.7 Å². The normalized spacial score (nSPS) is 9.83. The fraction of sp³-hybridized carbons (Fsp3) is 0. The van der Waals surface area contributed by atoms with Crippen LogP contribution in [0.4, 0.5) is 0 Å². The molecule has 0 heterocycles. The van der Waals surface area contributed by atoms with E-state index in [2.05, 4.69) is 323 Å². The van der Waals surface area contributed by atoms with Gasteiger partial charge in [0.15, 0.2) is 0 Å². The molecule has 343 valence electrons. The molecule has 3 nitrogen and oxygen atoms in total. The molecule has 0 fully saturated rings. The van der Waals surface area contributed by atoms with Gasteiger partial charge in [0.25, 0.3) is 0 Å². The molecule has 10 aromatic rings. The minimum Gasteiger partial charge on any atom is -0.195 e. The van der Waals surface area contributed by atoms with Crippen LogP contribution in [0.3, 0.4) is 0 Å². The fourth-order valence-corrected chi connectivity index (χ4v) is 13.1. The van der Waals surface area contributed by atoms with Crippen molar-refractivity contribution in [1.29, 1.82) is 0 Å². The van der Waals surface area contributed by atoms with E-state index in [-0.39, 0.29) is 20.1 Å². The largest absolute Gasteiger partial charge is 0.195 e. The molecule has 0 atom stereocenters. The van der Waals surface area contributed by atoms with Crippen molar-refractivity contribution < 1.29 is 34.1 Å². The molecule has 0 aromatic heterocycles. The standard InChI is InChI=1S/C24H20B.2C18H15P.3CO.Ir/c1-5-13-21(14-6-1)25(22-15-7-2-8-16-22,23-17-9-3-10-18-23)24-19-11-4-12-20-24;2*1-4-10-16(11-5-1)19(17-12-6-2-7-13-17)18-14-8-3-9-15-18;3*1-2;/h1-20H;2*1-15H;;;;/q-1;;;;;;. The molecule has 0 aliphatic heterocycles. The minimum absolute atomic E-state index is 0. The molecule has 0 aliphatic rings. The van der Waals surface area contributed by atoms with E-state index in [4.69, 9.17) is 14.0 Å². The molecule has 0 N–H and O–H groups in total. The van der Waals surface area contributed by atoms with Gasteiger partial charge in [-0.15, -0.1) is 0 Å². The van der Waals surface area contributed by atoms with Crippen LogP contribution in [0.5, 0.6) is 0 Å². The van der Waals surface area contributed by atoms with E-state index in [0.29, 0.717) is 0 Å². The van der Waals surface area contributed by atoms with Crippen LogP contribution >= 0.6 is 15.8 Å². The first-order chi connectivity index (χ1) is 34.3. The molecular weight excluding hydrogens is 1070 g/mol. The molecule has 10 rings (SSSR count). The Bertz CT molecular complexity index is 2470. The van der Waals surface area contributed by atoms with E-state index in [0.717, 1.165) is 0 Å². The Labute approximate surface area is 430 Å². The van der Waals surface area contributed by atoms with Crippen LogP contribution in [0.15, 0.2) is 303 Å². The molecule has 0 saturated carbocycles. The van der Waals surface area contributed by atoms with Crippen LogP contribution in [-0.4, -0.2) is 6.15 Å². The molecule has 1 radical (unpaired) electrons. The van der Waals surface area contributed by atoms with Crippen molar-refractivity contribution in [3.63, 3.8) is 0 Å². The van der Waals surface area contributed by atoms with Gasteiger partial charge in [-0.1, -0.05) is 303 Å². The maximum absolute atomic E-state index is 7.50. The molecule has 0 saturated heterocycles. The van der Waals surface area contributed by atoms with E-state index in [1.54, 1.807) is 0 Å². The van der Waals surface area contributed by atoms with Gasteiger partial charge < -0.3 is 0 Å². The van der Waals surface area contributed by atoms with Crippen molar-refractivity contribution in [3.05, 3.63) is 323 Å². The summed E-state index contributed by atoms with van der Waals surface area (Å²) in [6, 6.07) is 108. The molecular formula is C63H50BIrO3P2-. The van der Waals surface area contributed by atoms with Crippen molar-refractivity contribution in [2.24, 2.45) is 0 Å². The predicted octanol–water partition coefficient (Wildman–Crippen LogP) is 9.84. The number of hydrogen-bond acceptors (Lipinski definition) is 0. The van der Waals surface area contributed by atoms with E-state index in [1.807, 2.05) is 0 Å². The van der Waals surface area contributed by atoms with Crippen molar-refractivity contribution in [2.75, 3.05) is 0 Å². The van der Waals surface area contributed by atoms with Crippen LogP contribution in [0.2, 0.25) is 0 Å². The summed E-state index contributed by atoms with van der Waals surface area (Å²) >= 11 is 0. The third-order valence-corrected chi connectivity index (χ3v) is 16.2. The maximum atomic E-state index is 7.50. The van der Waals surface area contributed by atoms with Crippen LogP contribution in [-0.2, 0) is 34.1 Å². The number of rotatable bonds is 10. The van der Waals surface area contributed by atoms with Crippen LogP contribution in [0.25, 0.3) is 0 Å². The van der Waals surface area contributed by atoms with Gasteiger partial charge in [0.2, 0.25) is 0 Å². The van der Waals surface area contributed by atoms with Gasteiger partial charge in [-0.25, -0.2) is 0 Å². The average Bonchev–Trinajstić information content (AvgIpc) is 3.46. The summed E-state index contributed by atoms with van der Waals surface area (Å²) in [5, 5.41) is 8.39. The van der Waals surface area contributed by atoms with Gasteiger partial charge in [-0.05, 0) is 47.7 Å². The third-order valence-electron chi connectivity index (χ3n) is 11.3. The van der Waals surface area contributed by atoms with Crippen molar-refractivity contribution in [2.45, 2.75) is 0 Å². The third kappa shape index (κ3) is 15.0. The van der Waals surface area contributed by atoms with Gasteiger partial charge in [-0.2, -0.15) is 21.9 Å². The predicted molar refractivity (Wildman–Crippen MR) is 292 cm³/mol. The Kier molecular flexibility index (Phi) is 25.4. The Morgan fingerprint density at radius 1 is 0.200 bits per heavy atom. The molecule has 10 aromatic carbocycles. The second kappa shape index (κ2) is 31.9. The van der Waals surface area contributed by atoms with E-state index < -0.39 is 22.0 Å². The Balaban J connectivity index is 0.000000218. The average molecular weight is 1120 g/mol. The molecule has 7 heteroatoms. The Morgan fingerprint density at radius 2 is 0.314 bits per heavy atom. The topological polar surface area (TPSA) is 59.7 Å². The van der Waals surface area contributed by atoms with Gasteiger partial charge in [0.1, 0.15) is 6.15 Å². The zero-order chi connectivity index (χ0) is 48.8. The molecule has 0 amide bonds. The van der Waals surface area contributed by atoms with Gasteiger partial charge in [0, 0.05) is 20.1 Å². The molecule has 0 aliphatic carbocycles. The monoisotopic (exact) mass is 1120 g/mol. The van der Waals surface area contributed by atoms with Gasteiger partial charge in [-0.3, -0.25) is 0 Å². The van der Waals surface area contributed by atoms with Crippen molar-refractivity contribution in [1.82, 2.24) is 0 Å². The Hall–Kier alpha value is -7.01. The van der Waals surface area contributed by atoms with Crippen LogP contribution < -0.4 is 53.7 Å². The zero-order valence-electron chi connectivity index (χ0n) is 38.4. The van der Waals surface area contributed by atoms with Gasteiger partial charge >= 0.3 is 33.9 Å². The molecule has 0 unspecified atom stereocenters. The maximum Gasteiger partial charge on any atom is 0.108 e. The van der Waals surface area contributed by atoms with E-state index >= 15 is 0 Å². The first kappa shape index (κ1) is 55.6. The second-order valence-corrected chi connectivity index (χ2v) is 19.6. The fourth-order valence-electron chi connectivity index (χ4n) is 8.48. The molecule has 70 heavy (non-hydrogen) atoms. The summed E-state index contributed by atoms with van der Waals surface area (Å²) < 4.78 is 22.5. The summed E-state index contributed by atoms with van der Waals surface area (Å²) in [6.07, 6.45) is -1.22. The number of hydrogen-bond donors (Lipinski definition) is 0. The van der Waals surface area contributed by atoms with Gasteiger partial charge in [0.05, 0.1) is 0 Å². The summed E-state index contributed by atoms with van der Waals surface area (Å²) in [6.45, 7) is 13.5. The first-order valence-electron chi connectivity index (χ1n) is 22.2. The minimum atomic E-state index is -1.22. The summed E-state index contributed by atoms with van der Waals surface area (Å²) in [4.78, 5) is 0. The molecule has 0 bridgehead atoms. The zero-order valence-corrected chi connectivity index (χ0v) is 42.6. The van der Waals surface area contributed by atoms with Crippen molar-refractivity contribution in [3.8, 4) is 0 Å². The van der Waals surface area contributed by atoms with E-state index in [9.17, 15) is 0 Å². The quantitative estimate of drug-likeness (QED) is 0.0568. The number of benzene rings is 10. The summed E-state index contributed by atoms with van der Waals surface area (Å²) in [7, 11) is -0.892.